The molecule has 1 amide bonds. The molecule has 0 N–H and O–H groups in total. The summed E-state index contributed by atoms with van der Waals surface area (Å²) in [6.07, 6.45) is 3.97. The van der Waals surface area contributed by atoms with E-state index >= 15 is 0 Å². The zero-order chi connectivity index (χ0) is 22.9. The van der Waals surface area contributed by atoms with Crippen molar-refractivity contribution in [1.29, 1.82) is 5.26 Å². The van der Waals surface area contributed by atoms with Gasteiger partial charge < -0.3 is 9.47 Å². The van der Waals surface area contributed by atoms with Crippen molar-refractivity contribution < 1.29 is 4.79 Å². The lowest BCUT2D eigenvalue weighted by Gasteiger charge is -2.16. The van der Waals surface area contributed by atoms with E-state index in [1.807, 2.05) is 79.9 Å². The number of aromatic nitrogens is 1. The summed E-state index contributed by atoms with van der Waals surface area (Å²) in [5.74, 6) is -0.141. The van der Waals surface area contributed by atoms with Gasteiger partial charge in [-0.3, -0.25) is 9.69 Å². The van der Waals surface area contributed by atoms with Crippen LogP contribution in [0, 0.1) is 11.3 Å². The predicted molar refractivity (Wildman–Crippen MR) is 134 cm³/mol. The van der Waals surface area contributed by atoms with Gasteiger partial charge in [-0.25, -0.2) is 0 Å². The number of carbonyl (C=O) groups excluding carboxylic acids is 1. The Balaban J connectivity index is 1.54. The zero-order valence-electron chi connectivity index (χ0n) is 18.0. The number of hydrogen-bond donors (Lipinski definition) is 0. The standard InChI is InChI=1S/C27H20N4OS/c1-29-25(26(32)31(27(29)33)22-7-3-2-4-8-22)15-21-18-30(24-10-6-5-9-23(21)24)17-20-13-11-19(16-28)12-14-20/h2-15,18H,17H2,1H3/b25-15-. The van der Waals surface area contributed by atoms with Gasteiger partial charge >= 0.3 is 0 Å². The Bertz CT molecular complexity index is 1450. The molecule has 1 aromatic heterocycles. The molecule has 0 saturated carbocycles. The second-order valence-corrected chi connectivity index (χ2v) is 8.25. The van der Waals surface area contributed by atoms with Gasteiger partial charge in [0.25, 0.3) is 5.91 Å². The highest BCUT2D eigenvalue weighted by molar-refractivity contribution is 7.80. The molecule has 1 aliphatic rings. The molecule has 5 nitrogen and oxygen atoms in total. The molecule has 2 heterocycles. The number of hydrogen-bond acceptors (Lipinski definition) is 3. The summed E-state index contributed by atoms with van der Waals surface area (Å²) >= 11 is 5.59. The minimum Gasteiger partial charge on any atom is -0.342 e. The highest BCUT2D eigenvalue weighted by atomic mass is 32.1. The molecule has 0 spiro atoms. The van der Waals surface area contributed by atoms with E-state index < -0.39 is 0 Å². The van der Waals surface area contributed by atoms with E-state index in [9.17, 15) is 4.79 Å². The molecule has 0 aliphatic carbocycles. The first kappa shape index (κ1) is 20.7. The van der Waals surface area contributed by atoms with Crippen molar-refractivity contribution in [2.24, 2.45) is 0 Å². The number of fused-ring (bicyclic) bond motifs is 1. The average Bonchev–Trinajstić information content (AvgIpc) is 3.30. The van der Waals surface area contributed by atoms with E-state index in [4.69, 9.17) is 17.5 Å². The van der Waals surface area contributed by atoms with Crippen LogP contribution in [-0.4, -0.2) is 27.5 Å². The van der Waals surface area contributed by atoms with Crippen LogP contribution in [0.4, 0.5) is 5.69 Å². The highest BCUT2D eigenvalue weighted by Crippen LogP contribution is 2.30. The number of amides is 1. The first-order valence-electron chi connectivity index (χ1n) is 10.5. The molecule has 0 atom stereocenters. The number of nitrogens with zero attached hydrogens (tertiary/aromatic N) is 4. The van der Waals surface area contributed by atoms with E-state index in [2.05, 4.69) is 29.0 Å². The Morgan fingerprint density at radius 1 is 0.970 bits per heavy atom. The third kappa shape index (κ3) is 3.69. The molecule has 3 aromatic carbocycles. The number of thiocarbonyl (C=S) groups is 1. The van der Waals surface area contributed by atoms with Crippen molar-refractivity contribution in [2.45, 2.75) is 6.54 Å². The van der Waals surface area contributed by atoms with Crippen LogP contribution in [0.1, 0.15) is 16.7 Å². The van der Waals surface area contributed by atoms with Gasteiger partial charge in [-0.2, -0.15) is 5.26 Å². The van der Waals surface area contributed by atoms with E-state index in [0.717, 1.165) is 27.7 Å². The van der Waals surface area contributed by atoms with Crippen LogP contribution in [0.25, 0.3) is 17.0 Å². The monoisotopic (exact) mass is 448 g/mol. The summed E-state index contributed by atoms with van der Waals surface area (Å²) in [5, 5.41) is 10.6. The number of nitriles is 1. The average molecular weight is 449 g/mol. The van der Waals surface area contributed by atoms with Crippen LogP contribution < -0.4 is 4.90 Å². The van der Waals surface area contributed by atoms with Crippen molar-refractivity contribution in [3.05, 3.63) is 107 Å². The molecular formula is C27H20N4OS. The van der Waals surface area contributed by atoms with E-state index in [1.165, 1.54) is 0 Å². The third-order valence-electron chi connectivity index (χ3n) is 5.82. The van der Waals surface area contributed by atoms with Crippen LogP contribution in [-0.2, 0) is 11.3 Å². The Kier molecular flexibility index (Phi) is 5.25. The SMILES string of the molecule is CN1C(=S)N(c2ccccc2)C(=O)/C1=C/c1cn(Cc2ccc(C#N)cc2)c2ccccc12. The summed E-state index contributed by atoms with van der Waals surface area (Å²) in [4.78, 5) is 16.6. The minimum atomic E-state index is -0.141. The van der Waals surface area contributed by atoms with Crippen molar-refractivity contribution in [1.82, 2.24) is 9.47 Å². The Morgan fingerprint density at radius 2 is 1.67 bits per heavy atom. The van der Waals surface area contributed by atoms with Crippen molar-refractivity contribution >= 4 is 45.9 Å². The number of benzene rings is 3. The maximum absolute atomic E-state index is 13.3. The van der Waals surface area contributed by atoms with Crippen LogP contribution in [0.15, 0.2) is 90.8 Å². The van der Waals surface area contributed by atoms with Gasteiger partial charge in [0.2, 0.25) is 0 Å². The molecule has 160 valence electrons. The molecule has 6 heteroatoms. The fourth-order valence-electron chi connectivity index (χ4n) is 4.11. The molecule has 1 aliphatic heterocycles. The molecule has 0 unspecified atom stereocenters. The van der Waals surface area contributed by atoms with Crippen LogP contribution >= 0.6 is 12.2 Å². The van der Waals surface area contributed by atoms with Crippen molar-refractivity contribution in [2.75, 3.05) is 11.9 Å². The summed E-state index contributed by atoms with van der Waals surface area (Å²) in [6.45, 7) is 0.660. The van der Waals surface area contributed by atoms with Gasteiger partial charge in [-0.05, 0) is 54.2 Å². The lowest BCUT2D eigenvalue weighted by atomic mass is 10.1. The molecule has 1 fully saturated rings. The molecule has 33 heavy (non-hydrogen) atoms. The highest BCUT2D eigenvalue weighted by Gasteiger charge is 2.36. The van der Waals surface area contributed by atoms with Gasteiger partial charge in [-0.15, -0.1) is 0 Å². The Labute approximate surface area is 197 Å². The normalized spacial score (nSPS) is 15.0. The second kappa shape index (κ2) is 8.38. The van der Waals surface area contributed by atoms with Crippen LogP contribution in [0.2, 0.25) is 0 Å². The summed E-state index contributed by atoms with van der Waals surface area (Å²) in [6, 6.07) is 27.3. The Hall–Kier alpha value is -4.21. The lowest BCUT2D eigenvalue weighted by molar-refractivity contribution is -0.114. The van der Waals surface area contributed by atoms with Gasteiger partial charge in [0, 0.05) is 36.3 Å². The molecule has 0 radical (unpaired) electrons. The number of anilines is 1. The maximum atomic E-state index is 13.3. The number of carbonyl (C=O) groups is 1. The van der Waals surface area contributed by atoms with Crippen molar-refractivity contribution in [3.8, 4) is 6.07 Å². The molecule has 4 aromatic rings. The number of likely N-dealkylation sites (N-methyl/N-ethyl adjacent to an activating group) is 1. The lowest BCUT2D eigenvalue weighted by Crippen LogP contribution is -2.30. The minimum absolute atomic E-state index is 0.141. The molecule has 0 bridgehead atoms. The van der Waals surface area contributed by atoms with Gasteiger partial charge in [0.15, 0.2) is 5.11 Å². The van der Waals surface area contributed by atoms with Crippen LogP contribution in [0.5, 0.6) is 0 Å². The zero-order valence-corrected chi connectivity index (χ0v) is 18.8. The van der Waals surface area contributed by atoms with E-state index in [0.29, 0.717) is 22.9 Å². The fraction of sp³-hybridized carbons (Fsp3) is 0.0741. The first-order chi connectivity index (χ1) is 16.1. The quantitative estimate of drug-likeness (QED) is 0.319. The van der Waals surface area contributed by atoms with E-state index in [-0.39, 0.29) is 5.91 Å². The molecule has 1 saturated heterocycles. The molecule has 5 rings (SSSR count). The maximum Gasteiger partial charge on any atom is 0.281 e. The van der Waals surface area contributed by atoms with Gasteiger partial charge in [0.05, 0.1) is 17.3 Å². The fourth-order valence-corrected chi connectivity index (χ4v) is 4.40. The second-order valence-electron chi connectivity index (χ2n) is 7.89. The van der Waals surface area contributed by atoms with E-state index in [1.54, 1.807) is 9.80 Å². The largest absolute Gasteiger partial charge is 0.342 e. The third-order valence-corrected chi connectivity index (χ3v) is 6.28. The topological polar surface area (TPSA) is 52.3 Å². The Morgan fingerprint density at radius 3 is 2.39 bits per heavy atom. The summed E-state index contributed by atoms with van der Waals surface area (Å²) < 4.78 is 2.16. The predicted octanol–water partition coefficient (Wildman–Crippen LogP) is 5.17. The first-order valence-corrected chi connectivity index (χ1v) is 10.9. The summed E-state index contributed by atoms with van der Waals surface area (Å²) in [5.41, 5.74) is 5.05. The smallest absolute Gasteiger partial charge is 0.281 e. The van der Waals surface area contributed by atoms with Crippen LogP contribution in [0.3, 0.4) is 0 Å². The van der Waals surface area contributed by atoms with Crippen molar-refractivity contribution in [3.63, 3.8) is 0 Å². The van der Waals surface area contributed by atoms with Gasteiger partial charge in [0.1, 0.15) is 5.70 Å². The van der Waals surface area contributed by atoms with Gasteiger partial charge in [-0.1, -0.05) is 48.5 Å². The number of para-hydroxylation sites is 2. The molecular weight excluding hydrogens is 428 g/mol. The number of rotatable bonds is 4. The summed E-state index contributed by atoms with van der Waals surface area (Å²) in [7, 11) is 1.82.